The summed E-state index contributed by atoms with van der Waals surface area (Å²) in [6.07, 6.45) is 1.42. The number of carbonyl (C=O) groups is 1. The van der Waals surface area contributed by atoms with E-state index < -0.39 is 21.9 Å². The highest BCUT2D eigenvalue weighted by atomic mass is 32.2. The van der Waals surface area contributed by atoms with Gasteiger partial charge in [0.15, 0.2) is 5.76 Å². The molecule has 1 amide bonds. The van der Waals surface area contributed by atoms with Crippen molar-refractivity contribution < 1.29 is 26.8 Å². The molecule has 9 nitrogen and oxygen atoms in total. The van der Waals surface area contributed by atoms with Gasteiger partial charge in [-0.25, -0.2) is 18.4 Å². The topological polar surface area (TPSA) is 123 Å². The fourth-order valence-electron chi connectivity index (χ4n) is 3.06. The molecule has 34 heavy (non-hydrogen) atoms. The molecular weight excluding hydrogens is 463 g/mol. The Hall–Kier alpha value is -4.25. The molecule has 2 aromatic carbocycles. The maximum absolute atomic E-state index is 14.1. The van der Waals surface area contributed by atoms with E-state index in [-0.39, 0.29) is 27.9 Å². The summed E-state index contributed by atoms with van der Waals surface area (Å²) in [6, 6.07) is 15.8. The van der Waals surface area contributed by atoms with Crippen molar-refractivity contribution in [2.24, 2.45) is 0 Å². The van der Waals surface area contributed by atoms with Gasteiger partial charge in [0.1, 0.15) is 16.3 Å². The van der Waals surface area contributed by atoms with Crippen LogP contribution in [0.3, 0.4) is 0 Å². The van der Waals surface area contributed by atoms with Gasteiger partial charge in [-0.3, -0.25) is 9.52 Å². The largest absolute Gasteiger partial charge is 0.495 e. The fraction of sp³-hybridized carbons (Fsp3) is 0.0870. The molecule has 0 fully saturated rings. The first-order valence-corrected chi connectivity index (χ1v) is 11.4. The molecular formula is C23H19FN4O5S. The van der Waals surface area contributed by atoms with Crippen molar-refractivity contribution >= 4 is 27.3 Å². The maximum Gasteiger partial charge on any atom is 0.311 e. The summed E-state index contributed by atoms with van der Waals surface area (Å²) >= 11 is 0. The third kappa shape index (κ3) is 4.89. The lowest BCUT2D eigenvalue weighted by atomic mass is 10.2. The minimum absolute atomic E-state index is 0.00605. The zero-order valence-electron chi connectivity index (χ0n) is 18.1. The third-order valence-electron chi connectivity index (χ3n) is 4.70. The number of sulfonamides is 1. The molecule has 0 aliphatic carbocycles. The number of hydrogen-bond donors (Lipinski definition) is 2. The Morgan fingerprint density at radius 3 is 2.56 bits per heavy atom. The number of methoxy groups -OCH3 is 1. The molecule has 0 aliphatic heterocycles. The average molecular weight is 482 g/mol. The van der Waals surface area contributed by atoms with Gasteiger partial charge >= 0.3 is 5.91 Å². The van der Waals surface area contributed by atoms with Crippen molar-refractivity contribution in [2.75, 3.05) is 17.1 Å². The van der Waals surface area contributed by atoms with E-state index in [9.17, 15) is 17.6 Å². The second-order valence-electron chi connectivity index (χ2n) is 7.11. The minimum atomic E-state index is -4.29. The number of aromatic nitrogens is 2. The van der Waals surface area contributed by atoms with Gasteiger partial charge in [0.05, 0.1) is 13.3 Å². The Balaban J connectivity index is 1.59. The standard InChI is InChI=1S/C23H19FN4O5S/c1-14-8-10-17(21(24)26-14)28-34(30,31)20-12-16(9-11-18(20)32-2)27-22(29)23-25-13-19(33-23)15-6-4-3-5-7-15/h3-13,28H,1-2H3,(H,27,29). The van der Waals surface area contributed by atoms with Crippen LogP contribution in [0.25, 0.3) is 11.3 Å². The van der Waals surface area contributed by atoms with E-state index in [0.717, 1.165) is 5.56 Å². The van der Waals surface area contributed by atoms with Crippen LogP contribution in [0.2, 0.25) is 0 Å². The number of nitrogens with one attached hydrogen (secondary N) is 2. The maximum atomic E-state index is 14.1. The summed E-state index contributed by atoms with van der Waals surface area (Å²) < 4.78 is 52.8. The number of oxazole rings is 1. The lowest BCUT2D eigenvalue weighted by Crippen LogP contribution is -2.17. The van der Waals surface area contributed by atoms with Gasteiger partial charge in [-0.15, -0.1) is 0 Å². The Kier molecular flexibility index (Phi) is 6.28. The van der Waals surface area contributed by atoms with Crippen LogP contribution in [0.5, 0.6) is 5.75 Å². The number of pyridine rings is 1. The van der Waals surface area contributed by atoms with Crippen molar-refractivity contribution in [3.05, 3.63) is 84.4 Å². The highest BCUT2D eigenvalue weighted by Crippen LogP contribution is 2.30. The smallest absolute Gasteiger partial charge is 0.311 e. The molecule has 4 aromatic rings. The number of ether oxygens (including phenoxy) is 1. The number of hydrogen-bond acceptors (Lipinski definition) is 7. The lowest BCUT2D eigenvalue weighted by molar-refractivity contribution is 0.0991. The average Bonchev–Trinajstić information content (AvgIpc) is 3.32. The number of benzene rings is 2. The van der Waals surface area contributed by atoms with E-state index in [0.29, 0.717) is 11.5 Å². The number of halogens is 1. The molecule has 0 saturated carbocycles. The van der Waals surface area contributed by atoms with Crippen LogP contribution < -0.4 is 14.8 Å². The minimum Gasteiger partial charge on any atom is -0.495 e. The van der Waals surface area contributed by atoms with E-state index in [2.05, 4.69) is 20.0 Å². The fourth-order valence-corrected chi connectivity index (χ4v) is 4.31. The van der Waals surface area contributed by atoms with Gasteiger partial charge in [0.25, 0.3) is 15.9 Å². The van der Waals surface area contributed by atoms with Crippen LogP contribution in [0.15, 0.2) is 76.2 Å². The highest BCUT2D eigenvalue weighted by Gasteiger charge is 2.23. The van der Waals surface area contributed by atoms with Crippen LogP contribution >= 0.6 is 0 Å². The predicted octanol–water partition coefficient (Wildman–Crippen LogP) is 4.25. The van der Waals surface area contributed by atoms with Crippen molar-refractivity contribution in [1.82, 2.24) is 9.97 Å². The molecule has 0 aliphatic rings. The number of amides is 1. The number of aryl methyl sites for hydroxylation is 1. The first-order chi connectivity index (χ1) is 16.3. The van der Waals surface area contributed by atoms with Crippen LogP contribution in [0, 0.1) is 12.9 Å². The molecule has 0 bridgehead atoms. The third-order valence-corrected chi connectivity index (χ3v) is 6.09. The Bertz CT molecular complexity index is 1460. The second-order valence-corrected chi connectivity index (χ2v) is 8.76. The van der Waals surface area contributed by atoms with Gasteiger partial charge in [0, 0.05) is 16.9 Å². The first kappa shape index (κ1) is 22.9. The lowest BCUT2D eigenvalue weighted by Gasteiger charge is -2.13. The Morgan fingerprint density at radius 1 is 1.09 bits per heavy atom. The van der Waals surface area contributed by atoms with Gasteiger partial charge in [0.2, 0.25) is 5.95 Å². The summed E-state index contributed by atoms with van der Waals surface area (Å²) in [4.78, 5) is 19.9. The van der Waals surface area contributed by atoms with E-state index in [4.69, 9.17) is 9.15 Å². The number of carbonyl (C=O) groups excluding carboxylic acids is 1. The molecule has 174 valence electrons. The van der Waals surface area contributed by atoms with Gasteiger partial charge < -0.3 is 14.5 Å². The molecule has 11 heteroatoms. The van der Waals surface area contributed by atoms with Gasteiger partial charge in [-0.2, -0.15) is 4.39 Å². The van der Waals surface area contributed by atoms with E-state index in [1.165, 1.54) is 43.6 Å². The summed E-state index contributed by atoms with van der Waals surface area (Å²) in [5.74, 6) is -1.46. The van der Waals surface area contributed by atoms with Crippen molar-refractivity contribution in [3.8, 4) is 17.1 Å². The molecule has 0 radical (unpaired) electrons. The summed E-state index contributed by atoms with van der Waals surface area (Å²) in [6.45, 7) is 1.58. The summed E-state index contributed by atoms with van der Waals surface area (Å²) in [7, 11) is -3.00. The molecule has 0 atom stereocenters. The molecule has 0 saturated heterocycles. The predicted molar refractivity (Wildman–Crippen MR) is 123 cm³/mol. The van der Waals surface area contributed by atoms with Gasteiger partial charge in [-0.1, -0.05) is 30.3 Å². The van der Waals surface area contributed by atoms with Crippen molar-refractivity contribution in [1.29, 1.82) is 0 Å². The molecule has 2 aromatic heterocycles. The molecule has 2 N–H and O–H groups in total. The van der Waals surface area contributed by atoms with Crippen LogP contribution in [-0.2, 0) is 10.0 Å². The number of anilines is 2. The quantitative estimate of drug-likeness (QED) is 0.378. The SMILES string of the molecule is COc1ccc(NC(=O)c2ncc(-c3ccccc3)o2)cc1S(=O)(=O)Nc1ccc(C)nc1F. The summed E-state index contributed by atoms with van der Waals surface area (Å²) in [5.41, 5.74) is 0.948. The van der Waals surface area contributed by atoms with Crippen molar-refractivity contribution in [3.63, 3.8) is 0 Å². The number of rotatable bonds is 7. The van der Waals surface area contributed by atoms with Gasteiger partial charge in [-0.05, 0) is 37.3 Å². The van der Waals surface area contributed by atoms with E-state index in [1.54, 1.807) is 6.92 Å². The second kappa shape index (κ2) is 9.32. The Morgan fingerprint density at radius 2 is 1.85 bits per heavy atom. The number of nitrogens with zero attached hydrogens (tertiary/aromatic N) is 2. The van der Waals surface area contributed by atoms with Crippen LogP contribution in [0.4, 0.5) is 15.8 Å². The summed E-state index contributed by atoms with van der Waals surface area (Å²) in [5, 5.41) is 2.54. The zero-order valence-corrected chi connectivity index (χ0v) is 18.9. The molecule has 0 spiro atoms. The normalized spacial score (nSPS) is 11.1. The molecule has 2 heterocycles. The zero-order chi connectivity index (χ0) is 24.3. The first-order valence-electron chi connectivity index (χ1n) is 9.93. The van der Waals surface area contributed by atoms with Crippen molar-refractivity contribution in [2.45, 2.75) is 11.8 Å². The van der Waals surface area contributed by atoms with Crippen LogP contribution in [-0.4, -0.2) is 31.4 Å². The Labute approximate surface area is 194 Å². The highest BCUT2D eigenvalue weighted by molar-refractivity contribution is 7.92. The van der Waals surface area contributed by atoms with E-state index >= 15 is 0 Å². The molecule has 4 rings (SSSR count). The van der Waals surface area contributed by atoms with Crippen LogP contribution in [0.1, 0.15) is 16.4 Å². The van der Waals surface area contributed by atoms with E-state index in [1.807, 2.05) is 30.3 Å². The monoisotopic (exact) mass is 482 g/mol. The molecule has 0 unspecified atom stereocenters.